The Labute approximate surface area is 180 Å². The summed E-state index contributed by atoms with van der Waals surface area (Å²) >= 11 is 0. The molecule has 0 fully saturated rings. The molecule has 0 amide bonds. The van der Waals surface area contributed by atoms with Gasteiger partial charge in [0.15, 0.2) is 5.78 Å². The number of hydrogen-bond acceptors (Lipinski definition) is 3. The van der Waals surface area contributed by atoms with E-state index in [-0.39, 0.29) is 23.6 Å². The maximum atomic E-state index is 13.6. The van der Waals surface area contributed by atoms with Crippen LogP contribution in [0.3, 0.4) is 0 Å². The van der Waals surface area contributed by atoms with Gasteiger partial charge in [0.05, 0.1) is 11.5 Å². The van der Waals surface area contributed by atoms with Crippen molar-refractivity contribution in [2.75, 3.05) is 0 Å². The minimum Gasteiger partial charge on any atom is -0.430 e. The van der Waals surface area contributed by atoms with Crippen LogP contribution in [0.15, 0.2) is 36.1 Å². The monoisotopic (exact) mass is 404 g/mol. The minimum atomic E-state index is -0.287. The highest BCUT2D eigenvalue weighted by Gasteiger charge is 2.37. The van der Waals surface area contributed by atoms with E-state index < -0.39 is 0 Å². The van der Waals surface area contributed by atoms with Gasteiger partial charge in [-0.1, -0.05) is 60.9 Å². The fourth-order valence-corrected chi connectivity index (χ4v) is 4.57. The van der Waals surface area contributed by atoms with Crippen LogP contribution < -0.4 is 0 Å². The molecule has 1 aliphatic carbocycles. The zero-order valence-electron chi connectivity index (χ0n) is 19.2. The first kappa shape index (κ1) is 22.0. The molecule has 0 spiro atoms. The number of carbonyl (C=O) groups is 2. The Kier molecular flexibility index (Phi) is 6.30. The average molecular weight is 405 g/mol. The smallest absolute Gasteiger partial charge is 0.313 e. The van der Waals surface area contributed by atoms with E-state index in [1.54, 1.807) is 0 Å². The molecule has 0 N–H and O–H groups in total. The minimum absolute atomic E-state index is 0.0794. The summed E-state index contributed by atoms with van der Waals surface area (Å²) in [5.41, 5.74) is 8.29. The molecule has 158 valence electrons. The highest BCUT2D eigenvalue weighted by molar-refractivity contribution is 6.25. The highest BCUT2D eigenvalue weighted by Crippen LogP contribution is 2.40. The van der Waals surface area contributed by atoms with E-state index in [1.165, 1.54) is 11.1 Å². The van der Waals surface area contributed by atoms with Gasteiger partial charge in [-0.2, -0.15) is 0 Å². The van der Waals surface area contributed by atoms with Crippen LogP contribution in [0.2, 0.25) is 0 Å². The summed E-state index contributed by atoms with van der Waals surface area (Å²) in [6.07, 6.45) is 1.11. The molecule has 2 aromatic rings. The number of benzene rings is 2. The van der Waals surface area contributed by atoms with Gasteiger partial charge in [-0.3, -0.25) is 9.59 Å². The van der Waals surface area contributed by atoms with Crippen molar-refractivity contribution in [1.82, 2.24) is 0 Å². The van der Waals surface area contributed by atoms with Gasteiger partial charge in [-0.05, 0) is 63.3 Å². The van der Waals surface area contributed by atoms with Crippen LogP contribution in [0.4, 0.5) is 0 Å². The maximum absolute atomic E-state index is 13.6. The molecule has 0 bridgehead atoms. The molecular formula is C27H32O3. The highest BCUT2D eigenvalue weighted by atomic mass is 16.5. The molecule has 30 heavy (non-hydrogen) atoms. The lowest BCUT2D eigenvalue weighted by atomic mass is 9.88. The molecule has 3 heteroatoms. The molecule has 1 atom stereocenters. The number of aryl methyl sites for hydroxylation is 5. The molecule has 1 aliphatic rings. The normalized spacial score (nSPS) is 16.5. The number of esters is 1. The third-order valence-electron chi connectivity index (χ3n) is 5.71. The second kappa shape index (κ2) is 8.59. The van der Waals surface area contributed by atoms with Gasteiger partial charge >= 0.3 is 5.97 Å². The summed E-state index contributed by atoms with van der Waals surface area (Å²) in [6.45, 7) is 13.9. The molecule has 0 radical (unpaired) electrons. The van der Waals surface area contributed by atoms with Gasteiger partial charge in [0.1, 0.15) is 5.76 Å². The standard InChI is InChI=1S/C27H32O3/c1-15(2)27(29)30-23-14-22(13-21-11-16(3)8-17(4)12-21)26(28)25(23)24-19(6)9-18(5)10-20(24)7/h8-12,15,22H,13-14H2,1-7H3. The van der Waals surface area contributed by atoms with Crippen molar-refractivity contribution in [3.8, 4) is 0 Å². The van der Waals surface area contributed by atoms with E-state index >= 15 is 0 Å². The SMILES string of the molecule is Cc1cc(C)cc(CC2CC(OC(=O)C(C)C)=C(c3c(C)cc(C)cc3C)C2=O)c1. The first-order valence-corrected chi connectivity index (χ1v) is 10.7. The quantitative estimate of drug-likeness (QED) is 0.577. The molecule has 3 nitrogen and oxygen atoms in total. The van der Waals surface area contributed by atoms with Gasteiger partial charge in [0.25, 0.3) is 0 Å². The van der Waals surface area contributed by atoms with Crippen molar-refractivity contribution >= 4 is 17.3 Å². The largest absolute Gasteiger partial charge is 0.430 e. The Bertz CT molecular complexity index is 997. The molecule has 1 unspecified atom stereocenters. The number of ketones is 1. The zero-order chi connectivity index (χ0) is 22.2. The maximum Gasteiger partial charge on any atom is 0.313 e. The summed E-state index contributed by atoms with van der Waals surface area (Å²) in [5.74, 6) is -0.132. The second-order valence-electron chi connectivity index (χ2n) is 9.11. The van der Waals surface area contributed by atoms with Crippen molar-refractivity contribution in [3.05, 3.63) is 75.0 Å². The molecule has 0 saturated heterocycles. The Balaban J connectivity index is 2.03. The zero-order valence-corrected chi connectivity index (χ0v) is 19.2. The molecular weight excluding hydrogens is 372 g/mol. The van der Waals surface area contributed by atoms with Crippen molar-refractivity contribution in [2.24, 2.45) is 11.8 Å². The molecule has 0 aromatic heterocycles. The Hall–Kier alpha value is -2.68. The number of carbonyl (C=O) groups excluding carboxylic acids is 2. The summed E-state index contributed by atoms with van der Waals surface area (Å²) in [4.78, 5) is 26.0. The number of allylic oxidation sites excluding steroid dienone is 2. The summed E-state index contributed by atoms with van der Waals surface area (Å²) in [6, 6.07) is 10.6. The van der Waals surface area contributed by atoms with Crippen LogP contribution >= 0.6 is 0 Å². The van der Waals surface area contributed by atoms with Gasteiger partial charge in [-0.25, -0.2) is 0 Å². The lowest BCUT2D eigenvalue weighted by molar-refractivity contribution is -0.143. The van der Waals surface area contributed by atoms with Crippen molar-refractivity contribution in [1.29, 1.82) is 0 Å². The Morgan fingerprint density at radius 3 is 2.00 bits per heavy atom. The Morgan fingerprint density at radius 2 is 1.47 bits per heavy atom. The van der Waals surface area contributed by atoms with Gasteiger partial charge < -0.3 is 4.74 Å². The van der Waals surface area contributed by atoms with E-state index in [2.05, 4.69) is 51.1 Å². The third-order valence-corrected chi connectivity index (χ3v) is 5.71. The van der Waals surface area contributed by atoms with E-state index in [4.69, 9.17) is 4.74 Å². The molecule has 0 heterocycles. The van der Waals surface area contributed by atoms with Gasteiger partial charge in [0.2, 0.25) is 0 Å². The van der Waals surface area contributed by atoms with Gasteiger partial charge in [0, 0.05) is 12.3 Å². The van der Waals surface area contributed by atoms with Crippen LogP contribution in [0, 0.1) is 46.5 Å². The summed E-state index contributed by atoms with van der Waals surface area (Å²) in [7, 11) is 0. The van der Waals surface area contributed by atoms with Crippen LogP contribution in [0.25, 0.3) is 5.57 Å². The Morgan fingerprint density at radius 1 is 0.933 bits per heavy atom. The van der Waals surface area contributed by atoms with E-state index in [9.17, 15) is 9.59 Å². The predicted molar refractivity (Wildman–Crippen MR) is 121 cm³/mol. The fraction of sp³-hybridized carbons (Fsp3) is 0.407. The number of ether oxygens (including phenoxy) is 1. The van der Waals surface area contributed by atoms with Crippen LogP contribution in [-0.2, 0) is 20.7 Å². The predicted octanol–water partition coefficient (Wildman–Crippen LogP) is 5.97. The first-order chi connectivity index (χ1) is 14.1. The summed E-state index contributed by atoms with van der Waals surface area (Å²) in [5, 5.41) is 0. The van der Waals surface area contributed by atoms with Crippen molar-refractivity contribution in [3.63, 3.8) is 0 Å². The van der Waals surface area contributed by atoms with Crippen molar-refractivity contribution < 1.29 is 14.3 Å². The number of Topliss-reactive ketones (excluding diaryl/α,β-unsaturated/α-hetero) is 1. The molecule has 0 aliphatic heterocycles. The van der Waals surface area contributed by atoms with Crippen LogP contribution in [0.5, 0.6) is 0 Å². The van der Waals surface area contributed by atoms with E-state index in [0.717, 1.165) is 27.8 Å². The molecule has 3 rings (SSSR count). The fourth-order valence-electron chi connectivity index (χ4n) is 4.57. The van der Waals surface area contributed by atoms with Gasteiger partial charge in [-0.15, -0.1) is 0 Å². The third kappa shape index (κ3) is 4.56. The average Bonchev–Trinajstić information content (AvgIpc) is 2.89. The van der Waals surface area contributed by atoms with E-state index in [0.29, 0.717) is 24.2 Å². The second-order valence-corrected chi connectivity index (χ2v) is 9.11. The number of rotatable bonds is 5. The van der Waals surface area contributed by atoms with Crippen molar-refractivity contribution in [2.45, 2.75) is 61.3 Å². The van der Waals surface area contributed by atoms with Crippen LogP contribution in [-0.4, -0.2) is 11.8 Å². The first-order valence-electron chi connectivity index (χ1n) is 10.7. The summed E-state index contributed by atoms with van der Waals surface area (Å²) < 4.78 is 5.79. The molecule has 0 saturated carbocycles. The number of hydrogen-bond donors (Lipinski definition) is 0. The van der Waals surface area contributed by atoms with E-state index in [1.807, 2.05) is 27.7 Å². The lowest BCUT2D eigenvalue weighted by Gasteiger charge is -2.15. The topological polar surface area (TPSA) is 43.4 Å². The molecule has 2 aromatic carbocycles. The van der Waals surface area contributed by atoms with Crippen LogP contribution in [0.1, 0.15) is 59.2 Å². The lowest BCUT2D eigenvalue weighted by Crippen LogP contribution is -2.14.